The summed E-state index contributed by atoms with van der Waals surface area (Å²) in [6, 6.07) is 3.29. The number of carbonyl (C=O) groups excluding carboxylic acids is 2. The molecule has 0 spiro atoms. The van der Waals surface area contributed by atoms with Crippen molar-refractivity contribution in [2.45, 2.75) is 24.9 Å². The summed E-state index contributed by atoms with van der Waals surface area (Å²) in [5.41, 5.74) is 0.496. The van der Waals surface area contributed by atoms with Crippen LogP contribution in [0.2, 0.25) is 0 Å². The number of hydrogen-bond acceptors (Lipinski definition) is 5. The van der Waals surface area contributed by atoms with Gasteiger partial charge in [-0.15, -0.1) is 0 Å². The first-order valence-corrected chi connectivity index (χ1v) is 7.65. The predicted molar refractivity (Wildman–Crippen MR) is 82.6 cm³/mol. The minimum absolute atomic E-state index is 0.0713. The molecule has 7 heteroatoms. The minimum atomic E-state index is -0.466. The van der Waals surface area contributed by atoms with Crippen molar-refractivity contribution in [1.29, 1.82) is 0 Å². The number of aromatic nitrogens is 1. The second-order valence-electron chi connectivity index (χ2n) is 5.65. The zero-order valence-corrected chi connectivity index (χ0v) is 12.6. The summed E-state index contributed by atoms with van der Waals surface area (Å²) in [6.07, 6.45) is 3.70. The van der Waals surface area contributed by atoms with Crippen LogP contribution in [0.15, 0.2) is 18.3 Å². The van der Waals surface area contributed by atoms with Crippen LogP contribution in [0.1, 0.15) is 23.2 Å². The van der Waals surface area contributed by atoms with Gasteiger partial charge in [-0.05, 0) is 25.0 Å². The van der Waals surface area contributed by atoms with Crippen LogP contribution >= 0.6 is 0 Å². The maximum atomic E-state index is 12.8. The first kappa shape index (κ1) is 14.8. The summed E-state index contributed by atoms with van der Waals surface area (Å²) in [5, 5.41) is 9.10. The second-order valence-corrected chi connectivity index (χ2v) is 5.65. The molecule has 3 rings (SSSR count). The summed E-state index contributed by atoms with van der Waals surface area (Å²) in [4.78, 5) is 31.0. The van der Waals surface area contributed by atoms with Crippen molar-refractivity contribution in [3.63, 3.8) is 0 Å². The van der Waals surface area contributed by atoms with E-state index < -0.39 is 6.04 Å². The van der Waals surface area contributed by atoms with Gasteiger partial charge >= 0.3 is 0 Å². The molecule has 2 heterocycles. The van der Waals surface area contributed by atoms with Crippen LogP contribution in [0.25, 0.3) is 0 Å². The smallest absolute Gasteiger partial charge is 0.258 e. The zero-order valence-electron chi connectivity index (χ0n) is 12.6. The maximum Gasteiger partial charge on any atom is 0.258 e. The Labute approximate surface area is 129 Å². The highest BCUT2D eigenvalue weighted by Gasteiger charge is 2.35. The summed E-state index contributed by atoms with van der Waals surface area (Å²) >= 11 is 0. The normalized spacial score (nSPS) is 21.3. The van der Waals surface area contributed by atoms with Crippen molar-refractivity contribution in [3.05, 3.63) is 23.9 Å². The number of carbonyl (C=O) groups is 2. The average molecular weight is 303 g/mol. The summed E-state index contributed by atoms with van der Waals surface area (Å²) < 4.78 is 0. The number of amides is 2. The highest BCUT2D eigenvalue weighted by Crippen LogP contribution is 2.20. The van der Waals surface area contributed by atoms with Crippen molar-refractivity contribution in [1.82, 2.24) is 20.5 Å². The lowest BCUT2D eigenvalue weighted by molar-refractivity contribution is -0.126. The molecular weight excluding hydrogens is 282 g/mol. The van der Waals surface area contributed by atoms with E-state index in [1.54, 1.807) is 30.3 Å². The molecule has 118 valence electrons. The fourth-order valence-corrected chi connectivity index (χ4v) is 2.64. The van der Waals surface area contributed by atoms with Gasteiger partial charge in [-0.2, -0.15) is 0 Å². The fraction of sp³-hybridized carbons (Fsp3) is 0.533. The predicted octanol–water partition coefficient (Wildman–Crippen LogP) is -0.184. The third kappa shape index (κ3) is 3.04. The largest absolute Gasteiger partial charge is 0.372 e. The van der Waals surface area contributed by atoms with E-state index in [9.17, 15) is 9.59 Å². The lowest BCUT2D eigenvalue weighted by atomic mass is 10.1. The number of hydrogen-bond donors (Lipinski definition) is 3. The zero-order chi connectivity index (χ0) is 15.5. The van der Waals surface area contributed by atoms with E-state index in [4.69, 9.17) is 0 Å². The van der Waals surface area contributed by atoms with E-state index in [1.807, 2.05) is 0 Å². The van der Waals surface area contributed by atoms with Gasteiger partial charge in [-0.1, -0.05) is 0 Å². The van der Waals surface area contributed by atoms with E-state index in [-0.39, 0.29) is 17.9 Å². The Balaban J connectivity index is 1.79. The molecular formula is C15H21N5O2. The molecule has 1 aromatic rings. The van der Waals surface area contributed by atoms with E-state index in [0.717, 1.165) is 12.8 Å². The Morgan fingerprint density at radius 3 is 2.95 bits per heavy atom. The van der Waals surface area contributed by atoms with E-state index >= 15 is 0 Å². The molecule has 0 aromatic carbocycles. The van der Waals surface area contributed by atoms with Crippen molar-refractivity contribution in [2.24, 2.45) is 0 Å². The third-order valence-corrected chi connectivity index (χ3v) is 4.01. The van der Waals surface area contributed by atoms with Gasteiger partial charge < -0.3 is 20.9 Å². The molecule has 0 bridgehead atoms. The van der Waals surface area contributed by atoms with E-state index in [1.165, 1.54) is 0 Å². The molecule has 3 N–H and O–H groups in total. The monoisotopic (exact) mass is 303 g/mol. The standard InChI is InChI=1S/C15H21N5O2/c1-16-13-11(3-2-6-18-13)15(22)20-8-7-17-9-12(20)14(21)19-10-4-5-10/h2-3,6,10,12,17H,4-5,7-9H2,1H3,(H,16,18)(H,19,21). The lowest BCUT2D eigenvalue weighted by Gasteiger charge is -2.35. The van der Waals surface area contributed by atoms with Crippen molar-refractivity contribution >= 4 is 17.6 Å². The number of nitrogens with one attached hydrogen (secondary N) is 3. The maximum absolute atomic E-state index is 12.8. The van der Waals surface area contributed by atoms with E-state index in [2.05, 4.69) is 20.9 Å². The van der Waals surface area contributed by atoms with Gasteiger partial charge in [0.2, 0.25) is 5.91 Å². The van der Waals surface area contributed by atoms with Gasteiger partial charge in [-0.3, -0.25) is 9.59 Å². The van der Waals surface area contributed by atoms with Crippen LogP contribution in [-0.4, -0.2) is 60.5 Å². The molecule has 1 saturated carbocycles. The molecule has 22 heavy (non-hydrogen) atoms. The molecule has 2 aliphatic rings. The average Bonchev–Trinajstić information content (AvgIpc) is 3.38. The van der Waals surface area contributed by atoms with E-state index in [0.29, 0.717) is 31.0 Å². The molecule has 1 saturated heterocycles. The van der Waals surface area contributed by atoms with Gasteiger partial charge in [0.1, 0.15) is 11.9 Å². The van der Waals surface area contributed by atoms with Crippen molar-refractivity contribution < 1.29 is 9.59 Å². The van der Waals surface area contributed by atoms with Gasteiger partial charge in [-0.25, -0.2) is 4.98 Å². The molecule has 7 nitrogen and oxygen atoms in total. The number of anilines is 1. The molecule has 1 aliphatic carbocycles. The van der Waals surface area contributed by atoms with Crippen LogP contribution in [0.3, 0.4) is 0 Å². The molecule has 2 amide bonds. The summed E-state index contributed by atoms with van der Waals surface area (Å²) in [5.74, 6) is 0.306. The highest BCUT2D eigenvalue weighted by atomic mass is 16.2. The number of nitrogens with zero attached hydrogens (tertiary/aromatic N) is 2. The molecule has 1 aromatic heterocycles. The number of piperazine rings is 1. The molecule has 1 atom stereocenters. The van der Waals surface area contributed by atoms with Gasteiger partial charge in [0.15, 0.2) is 0 Å². The second kappa shape index (κ2) is 6.31. The van der Waals surface area contributed by atoms with Crippen LogP contribution < -0.4 is 16.0 Å². The number of rotatable bonds is 4. The highest BCUT2D eigenvalue weighted by molar-refractivity contribution is 6.01. The third-order valence-electron chi connectivity index (χ3n) is 4.01. The van der Waals surface area contributed by atoms with Gasteiger partial charge in [0.25, 0.3) is 5.91 Å². The molecule has 0 radical (unpaired) electrons. The quantitative estimate of drug-likeness (QED) is 0.718. The molecule has 2 fully saturated rings. The Kier molecular flexibility index (Phi) is 4.24. The Morgan fingerprint density at radius 1 is 1.41 bits per heavy atom. The first-order chi connectivity index (χ1) is 10.7. The summed E-state index contributed by atoms with van der Waals surface area (Å²) in [6.45, 7) is 1.69. The Morgan fingerprint density at radius 2 is 2.23 bits per heavy atom. The lowest BCUT2D eigenvalue weighted by Crippen LogP contribution is -2.59. The number of pyridine rings is 1. The molecule has 1 aliphatic heterocycles. The minimum Gasteiger partial charge on any atom is -0.372 e. The van der Waals surface area contributed by atoms with Crippen molar-refractivity contribution in [3.8, 4) is 0 Å². The Hall–Kier alpha value is -2.15. The fourth-order valence-electron chi connectivity index (χ4n) is 2.64. The Bertz CT molecular complexity index is 573. The van der Waals surface area contributed by atoms with Crippen LogP contribution in [-0.2, 0) is 4.79 Å². The van der Waals surface area contributed by atoms with Crippen LogP contribution in [0.4, 0.5) is 5.82 Å². The van der Waals surface area contributed by atoms with Crippen LogP contribution in [0.5, 0.6) is 0 Å². The topological polar surface area (TPSA) is 86.4 Å². The first-order valence-electron chi connectivity index (χ1n) is 7.65. The van der Waals surface area contributed by atoms with Gasteiger partial charge in [0, 0.05) is 38.9 Å². The van der Waals surface area contributed by atoms with Crippen LogP contribution in [0, 0.1) is 0 Å². The summed E-state index contributed by atoms with van der Waals surface area (Å²) in [7, 11) is 1.73. The molecule has 1 unspecified atom stereocenters. The van der Waals surface area contributed by atoms with Gasteiger partial charge in [0.05, 0.1) is 5.56 Å². The van der Waals surface area contributed by atoms with Crippen molar-refractivity contribution in [2.75, 3.05) is 32.0 Å². The SMILES string of the molecule is CNc1ncccc1C(=O)N1CCNCC1C(=O)NC1CC1.